The van der Waals surface area contributed by atoms with Gasteiger partial charge in [0.25, 0.3) is 11.5 Å². The van der Waals surface area contributed by atoms with Crippen molar-refractivity contribution in [3.05, 3.63) is 88.2 Å². The third kappa shape index (κ3) is 4.04. The minimum absolute atomic E-state index is 0.0302. The molecule has 5 nitrogen and oxygen atoms in total. The van der Waals surface area contributed by atoms with Crippen LogP contribution in [-0.2, 0) is 0 Å². The average Bonchev–Trinajstić information content (AvgIpc) is 2.76. The highest BCUT2D eigenvalue weighted by Crippen LogP contribution is 2.31. The van der Waals surface area contributed by atoms with E-state index in [9.17, 15) is 9.59 Å². The molecule has 2 aromatic carbocycles. The van der Waals surface area contributed by atoms with Crippen LogP contribution < -0.4 is 10.9 Å². The molecule has 1 amide bonds. The predicted octanol–water partition coefficient (Wildman–Crippen LogP) is 4.33. The number of amides is 1. The van der Waals surface area contributed by atoms with Gasteiger partial charge in [0.2, 0.25) is 0 Å². The van der Waals surface area contributed by atoms with Gasteiger partial charge in [-0.2, -0.15) is 5.10 Å². The Bertz CT molecular complexity index is 1100. The van der Waals surface area contributed by atoms with E-state index < -0.39 is 5.56 Å². The van der Waals surface area contributed by atoms with Crippen LogP contribution in [0.3, 0.4) is 0 Å². The summed E-state index contributed by atoms with van der Waals surface area (Å²) in [5, 5.41) is 9.88. The molecule has 0 bridgehead atoms. The number of carbonyl (C=O) groups excluding carboxylic acids is 1. The zero-order chi connectivity index (χ0) is 20.2. The number of hydrogen-bond acceptors (Lipinski definition) is 3. The van der Waals surface area contributed by atoms with Gasteiger partial charge in [0.1, 0.15) is 5.56 Å². The van der Waals surface area contributed by atoms with Crippen molar-refractivity contribution < 1.29 is 4.79 Å². The highest BCUT2D eigenvalue weighted by atomic mass is 16.2. The van der Waals surface area contributed by atoms with E-state index in [1.807, 2.05) is 60.7 Å². The molecule has 146 valence electrons. The van der Waals surface area contributed by atoms with Crippen molar-refractivity contribution >= 4 is 5.91 Å². The summed E-state index contributed by atoms with van der Waals surface area (Å²) in [5.74, 6) is -0.359. The first-order valence-corrected chi connectivity index (χ1v) is 9.83. The van der Waals surface area contributed by atoms with Crippen LogP contribution in [0.15, 0.2) is 77.1 Å². The van der Waals surface area contributed by atoms with Crippen molar-refractivity contribution in [3.8, 4) is 22.4 Å². The van der Waals surface area contributed by atoms with E-state index in [1.165, 1.54) is 5.57 Å². The molecule has 0 radical (unpaired) electrons. The fraction of sp³-hybridized carbons (Fsp3) is 0.208. The molecular formula is C24H23N3O2. The molecule has 0 saturated carbocycles. The maximum atomic E-state index is 13.2. The van der Waals surface area contributed by atoms with Crippen LogP contribution in [0.2, 0.25) is 0 Å². The second-order valence-electron chi connectivity index (χ2n) is 7.38. The molecule has 0 spiro atoms. The summed E-state index contributed by atoms with van der Waals surface area (Å²) in [6, 6.07) is 19.1. The number of aromatic amines is 1. The Labute approximate surface area is 169 Å². The normalized spacial score (nSPS) is 16.2. The van der Waals surface area contributed by atoms with Crippen molar-refractivity contribution in [2.24, 2.45) is 0 Å². The topological polar surface area (TPSA) is 74.8 Å². The third-order valence-electron chi connectivity index (χ3n) is 5.29. The van der Waals surface area contributed by atoms with Crippen LogP contribution in [0.5, 0.6) is 0 Å². The zero-order valence-corrected chi connectivity index (χ0v) is 16.3. The van der Waals surface area contributed by atoms with E-state index >= 15 is 0 Å². The maximum Gasteiger partial charge on any atom is 0.277 e. The molecule has 1 aromatic heterocycles. The molecule has 1 aliphatic carbocycles. The van der Waals surface area contributed by atoms with Crippen LogP contribution in [0.25, 0.3) is 22.4 Å². The van der Waals surface area contributed by atoms with Gasteiger partial charge in [-0.3, -0.25) is 9.59 Å². The Morgan fingerprint density at radius 1 is 1.03 bits per heavy atom. The van der Waals surface area contributed by atoms with Crippen LogP contribution in [0, 0.1) is 0 Å². The lowest BCUT2D eigenvalue weighted by Crippen LogP contribution is -2.39. The van der Waals surface area contributed by atoms with Gasteiger partial charge in [-0.1, -0.05) is 72.3 Å². The van der Waals surface area contributed by atoms with E-state index in [2.05, 4.69) is 28.5 Å². The van der Waals surface area contributed by atoms with Crippen LogP contribution in [0.1, 0.15) is 36.5 Å². The SMILES string of the molecule is CC1=CCC(NC(=O)c2c(-c3ccccc3)c(-c3ccccc3)n[nH]c2=O)CC1. The second kappa shape index (κ2) is 8.27. The van der Waals surface area contributed by atoms with Gasteiger partial charge in [0.15, 0.2) is 0 Å². The lowest BCUT2D eigenvalue weighted by molar-refractivity contribution is 0.0933. The minimum Gasteiger partial charge on any atom is -0.349 e. The standard InChI is InChI=1S/C24H23N3O2/c1-16-12-14-19(15-13-16)25-23(28)21-20(17-8-4-2-5-9-17)22(26-27-24(21)29)18-10-6-3-7-11-18/h2-12,19H,13-15H2,1H3,(H,25,28)(H,27,29). The molecule has 3 aromatic rings. The van der Waals surface area contributed by atoms with E-state index in [1.54, 1.807) is 0 Å². The average molecular weight is 385 g/mol. The molecule has 5 heteroatoms. The fourth-order valence-corrected chi connectivity index (χ4v) is 3.71. The quantitative estimate of drug-likeness (QED) is 0.656. The Morgan fingerprint density at radius 3 is 2.31 bits per heavy atom. The fourth-order valence-electron chi connectivity index (χ4n) is 3.71. The Kier molecular flexibility index (Phi) is 5.38. The number of H-pyrrole nitrogens is 1. The van der Waals surface area contributed by atoms with E-state index in [0.717, 1.165) is 30.4 Å². The number of benzene rings is 2. The van der Waals surface area contributed by atoms with Crippen LogP contribution in [0.4, 0.5) is 0 Å². The van der Waals surface area contributed by atoms with Crippen LogP contribution >= 0.6 is 0 Å². The molecule has 0 aliphatic heterocycles. The molecule has 1 atom stereocenters. The largest absolute Gasteiger partial charge is 0.349 e. The zero-order valence-electron chi connectivity index (χ0n) is 16.3. The highest BCUT2D eigenvalue weighted by molar-refractivity contribution is 6.03. The second-order valence-corrected chi connectivity index (χ2v) is 7.38. The summed E-state index contributed by atoms with van der Waals surface area (Å²) >= 11 is 0. The van der Waals surface area contributed by atoms with Gasteiger partial charge in [0.05, 0.1) is 5.69 Å². The summed E-state index contributed by atoms with van der Waals surface area (Å²) in [5.41, 5.74) is 3.73. The van der Waals surface area contributed by atoms with Crippen molar-refractivity contribution in [1.29, 1.82) is 0 Å². The molecular weight excluding hydrogens is 362 g/mol. The van der Waals surface area contributed by atoms with Gasteiger partial charge in [0, 0.05) is 17.2 Å². The van der Waals surface area contributed by atoms with Crippen molar-refractivity contribution in [3.63, 3.8) is 0 Å². The van der Waals surface area contributed by atoms with Gasteiger partial charge in [-0.15, -0.1) is 0 Å². The molecule has 4 rings (SSSR count). The summed E-state index contributed by atoms with van der Waals surface area (Å²) in [4.78, 5) is 26.0. The Balaban J connectivity index is 1.82. The smallest absolute Gasteiger partial charge is 0.277 e. The molecule has 0 fully saturated rings. The summed E-state index contributed by atoms with van der Waals surface area (Å²) in [7, 11) is 0. The highest BCUT2D eigenvalue weighted by Gasteiger charge is 2.25. The van der Waals surface area contributed by atoms with E-state index in [4.69, 9.17) is 0 Å². The molecule has 1 unspecified atom stereocenters. The lowest BCUT2D eigenvalue weighted by atomic mass is 9.93. The molecule has 0 saturated heterocycles. The summed E-state index contributed by atoms with van der Waals surface area (Å²) in [6.45, 7) is 2.10. The molecule has 1 aliphatic rings. The van der Waals surface area contributed by atoms with E-state index in [-0.39, 0.29) is 17.5 Å². The van der Waals surface area contributed by atoms with Gasteiger partial charge >= 0.3 is 0 Å². The summed E-state index contributed by atoms with van der Waals surface area (Å²) < 4.78 is 0. The molecule has 29 heavy (non-hydrogen) atoms. The van der Waals surface area contributed by atoms with E-state index in [0.29, 0.717) is 11.3 Å². The number of nitrogens with zero attached hydrogens (tertiary/aromatic N) is 1. The number of carbonyl (C=O) groups is 1. The first-order chi connectivity index (χ1) is 14.1. The third-order valence-corrected chi connectivity index (χ3v) is 5.29. The molecule has 1 heterocycles. The van der Waals surface area contributed by atoms with Crippen molar-refractivity contribution in [2.45, 2.75) is 32.2 Å². The number of aromatic nitrogens is 2. The van der Waals surface area contributed by atoms with Gasteiger partial charge in [-0.05, 0) is 31.7 Å². The Hall–Kier alpha value is -3.47. The minimum atomic E-state index is -0.483. The maximum absolute atomic E-state index is 13.2. The first-order valence-electron chi connectivity index (χ1n) is 9.83. The Morgan fingerprint density at radius 2 is 1.69 bits per heavy atom. The number of hydrogen-bond donors (Lipinski definition) is 2. The summed E-state index contributed by atoms with van der Waals surface area (Å²) in [6.07, 6.45) is 4.77. The van der Waals surface area contributed by atoms with Crippen molar-refractivity contribution in [1.82, 2.24) is 15.5 Å². The molecule has 2 N–H and O–H groups in total. The number of rotatable bonds is 4. The first kappa shape index (κ1) is 18.9. The number of nitrogens with one attached hydrogen (secondary N) is 2. The van der Waals surface area contributed by atoms with Crippen LogP contribution in [-0.4, -0.2) is 22.1 Å². The monoisotopic (exact) mass is 385 g/mol. The van der Waals surface area contributed by atoms with Crippen molar-refractivity contribution in [2.75, 3.05) is 0 Å². The predicted molar refractivity (Wildman–Crippen MR) is 115 cm³/mol. The van der Waals surface area contributed by atoms with Gasteiger partial charge < -0.3 is 5.32 Å². The van der Waals surface area contributed by atoms with Gasteiger partial charge in [-0.25, -0.2) is 5.10 Å². The number of allylic oxidation sites excluding steroid dienone is 1. The lowest BCUT2D eigenvalue weighted by Gasteiger charge is -2.22.